The van der Waals surface area contributed by atoms with Crippen LogP contribution >= 0.6 is 10.7 Å². The number of rotatable bonds is 1. The Morgan fingerprint density at radius 3 is 2.73 bits per heavy atom. The second-order valence-electron chi connectivity index (χ2n) is 3.81. The molecule has 0 amide bonds. The highest BCUT2D eigenvalue weighted by Crippen LogP contribution is 2.37. The van der Waals surface area contributed by atoms with E-state index in [0.717, 1.165) is 11.3 Å². The summed E-state index contributed by atoms with van der Waals surface area (Å²) in [5.74, 6) is 0.988. The van der Waals surface area contributed by atoms with Crippen molar-refractivity contribution in [2.45, 2.75) is 24.7 Å². The number of benzene rings is 1. The second kappa shape index (κ2) is 3.39. The minimum Gasteiger partial charge on any atom is -0.493 e. The lowest BCUT2D eigenvalue weighted by Gasteiger charge is -2.06. The largest absolute Gasteiger partial charge is 0.493 e. The zero-order valence-corrected chi connectivity index (χ0v) is 10.0. The lowest BCUT2D eigenvalue weighted by atomic mass is 10.0. The van der Waals surface area contributed by atoms with Gasteiger partial charge in [-0.05, 0) is 24.6 Å². The van der Waals surface area contributed by atoms with Gasteiger partial charge in [0.25, 0.3) is 9.05 Å². The highest BCUT2D eigenvalue weighted by Gasteiger charge is 2.24. The van der Waals surface area contributed by atoms with Gasteiger partial charge in [-0.3, -0.25) is 0 Å². The van der Waals surface area contributed by atoms with Crippen molar-refractivity contribution in [2.24, 2.45) is 0 Å². The van der Waals surface area contributed by atoms with Crippen LogP contribution in [-0.4, -0.2) is 15.0 Å². The average molecular weight is 247 g/mol. The van der Waals surface area contributed by atoms with Gasteiger partial charge in [-0.15, -0.1) is 0 Å². The van der Waals surface area contributed by atoms with Crippen LogP contribution in [0.3, 0.4) is 0 Å². The molecular formula is C10H11ClO3S. The summed E-state index contributed by atoms with van der Waals surface area (Å²) in [6.45, 7) is 4.30. The summed E-state index contributed by atoms with van der Waals surface area (Å²) >= 11 is 0. The molecular weight excluding hydrogens is 236 g/mol. The first-order chi connectivity index (χ1) is 6.89. The maximum atomic E-state index is 11.3. The minimum absolute atomic E-state index is 0.181. The number of halogens is 1. The Morgan fingerprint density at radius 1 is 1.47 bits per heavy atom. The van der Waals surface area contributed by atoms with Crippen molar-refractivity contribution in [3.8, 4) is 5.75 Å². The molecule has 82 valence electrons. The molecule has 0 fully saturated rings. The normalized spacial score (nSPS) is 19.8. The molecule has 0 saturated heterocycles. The van der Waals surface area contributed by atoms with Crippen LogP contribution in [0.15, 0.2) is 17.0 Å². The predicted octanol–water partition coefficient (Wildman–Crippen LogP) is 2.42. The molecule has 1 aliphatic heterocycles. The summed E-state index contributed by atoms with van der Waals surface area (Å²) in [7, 11) is 1.68. The number of fused-ring (bicyclic) bond motifs is 1. The van der Waals surface area contributed by atoms with E-state index in [4.69, 9.17) is 15.4 Å². The van der Waals surface area contributed by atoms with Crippen LogP contribution in [-0.2, 0) is 9.05 Å². The molecule has 15 heavy (non-hydrogen) atoms. The Balaban J connectivity index is 2.66. The van der Waals surface area contributed by atoms with Crippen LogP contribution in [0.2, 0.25) is 0 Å². The van der Waals surface area contributed by atoms with Gasteiger partial charge in [-0.25, -0.2) is 8.42 Å². The lowest BCUT2D eigenvalue weighted by molar-refractivity contribution is 0.337. The maximum Gasteiger partial charge on any atom is 0.261 e. The molecule has 0 radical (unpaired) electrons. The zero-order valence-electron chi connectivity index (χ0n) is 8.45. The summed E-state index contributed by atoms with van der Waals surface area (Å²) in [5, 5.41) is 0. The third kappa shape index (κ3) is 1.84. The van der Waals surface area contributed by atoms with Crippen LogP contribution in [0.4, 0.5) is 0 Å². The van der Waals surface area contributed by atoms with Gasteiger partial charge in [-0.1, -0.05) is 6.92 Å². The van der Waals surface area contributed by atoms with Crippen molar-refractivity contribution < 1.29 is 13.2 Å². The quantitative estimate of drug-likeness (QED) is 0.715. The molecule has 0 spiro atoms. The van der Waals surface area contributed by atoms with E-state index in [9.17, 15) is 8.42 Å². The maximum absolute atomic E-state index is 11.3. The Morgan fingerprint density at radius 2 is 2.13 bits per heavy atom. The summed E-state index contributed by atoms with van der Waals surface area (Å²) in [4.78, 5) is 0.181. The SMILES string of the molecule is Cc1cc2c(cc1S(=O)(=O)Cl)C(C)CO2. The van der Waals surface area contributed by atoms with Gasteiger partial charge < -0.3 is 4.74 Å². The van der Waals surface area contributed by atoms with Crippen LogP contribution in [0.1, 0.15) is 24.0 Å². The molecule has 0 aliphatic carbocycles. The fraction of sp³-hybridized carbons (Fsp3) is 0.400. The van der Waals surface area contributed by atoms with E-state index in [1.165, 1.54) is 0 Å². The van der Waals surface area contributed by atoms with Gasteiger partial charge in [-0.2, -0.15) is 0 Å². The van der Waals surface area contributed by atoms with Gasteiger partial charge in [0.2, 0.25) is 0 Å². The highest BCUT2D eigenvalue weighted by molar-refractivity contribution is 8.13. The van der Waals surface area contributed by atoms with Crippen LogP contribution in [0, 0.1) is 6.92 Å². The molecule has 2 rings (SSSR count). The van der Waals surface area contributed by atoms with E-state index in [1.54, 1.807) is 19.1 Å². The lowest BCUT2D eigenvalue weighted by Crippen LogP contribution is -1.97. The van der Waals surface area contributed by atoms with E-state index < -0.39 is 9.05 Å². The fourth-order valence-corrected chi connectivity index (χ4v) is 2.96. The topological polar surface area (TPSA) is 43.4 Å². The molecule has 3 nitrogen and oxygen atoms in total. The molecule has 0 N–H and O–H groups in total. The predicted molar refractivity (Wildman–Crippen MR) is 58.1 cm³/mol. The Labute approximate surface area is 93.4 Å². The summed E-state index contributed by atoms with van der Waals surface area (Å²) < 4.78 is 28.0. The molecule has 0 bridgehead atoms. The molecule has 1 aromatic rings. The first-order valence-electron chi connectivity index (χ1n) is 4.61. The molecule has 5 heteroatoms. The first kappa shape index (κ1) is 10.8. The number of hydrogen-bond donors (Lipinski definition) is 0. The van der Waals surface area contributed by atoms with Crippen molar-refractivity contribution in [1.82, 2.24) is 0 Å². The zero-order chi connectivity index (χ0) is 11.2. The number of ether oxygens (including phenoxy) is 1. The third-order valence-corrected chi connectivity index (χ3v) is 4.05. The summed E-state index contributed by atoms with van der Waals surface area (Å²) in [6.07, 6.45) is 0. The van der Waals surface area contributed by atoms with E-state index >= 15 is 0 Å². The van der Waals surface area contributed by atoms with Crippen molar-refractivity contribution in [3.63, 3.8) is 0 Å². The Hall–Kier alpha value is -0.740. The average Bonchev–Trinajstić information content (AvgIpc) is 2.44. The van der Waals surface area contributed by atoms with Crippen molar-refractivity contribution in [3.05, 3.63) is 23.3 Å². The molecule has 1 heterocycles. The van der Waals surface area contributed by atoms with Gasteiger partial charge in [0.05, 0.1) is 11.5 Å². The van der Waals surface area contributed by atoms with E-state index in [1.807, 2.05) is 6.92 Å². The van der Waals surface area contributed by atoms with Gasteiger partial charge in [0.15, 0.2) is 0 Å². The summed E-state index contributed by atoms with van der Waals surface area (Å²) in [6, 6.07) is 3.35. The minimum atomic E-state index is -3.66. The van der Waals surface area contributed by atoms with E-state index in [2.05, 4.69) is 0 Å². The van der Waals surface area contributed by atoms with Gasteiger partial charge >= 0.3 is 0 Å². The monoisotopic (exact) mass is 246 g/mol. The van der Waals surface area contributed by atoms with Crippen molar-refractivity contribution >= 4 is 19.7 Å². The van der Waals surface area contributed by atoms with Crippen LogP contribution in [0.5, 0.6) is 5.75 Å². The van der Waals surface area contributed by atoms with E-state index in [-0.39, 0.29) is 10.8 Å². The first-order valence-corrected chi connectivity index (χ1v) is 6.92. The summed E-state index contributed by atoms with van der Waals surface area (Å²) in [5.41, 5.74) is 1.54. The highest BCUT2D eigenvalue weighted by atomic mass is 35.7. The molecule has 0 aromatic heterocycles. The molecule has 1 aliphatic rings. The third-order valence-electron chi connectivity index (χ3n) is 2.59. The Bertz CT molecular complexity index is 508. The molecule has 1 unspecified atom stereocenters. The van der Waals surface area contributed by atoms with Crippen LogP contribution in [0.25, 0.3) is 0 Å². The molecule has 0 saturated carbocycles. The standard InChI is InChI=1S/C10H11ClO3S/c1-6-3-9-8(7(2)5-14-9)4-10(6)15(11,12)13/h3-4,7H,5H2,1-2H3. The molecule has 1 atom stereocenters. The fourth-order valence-electron chi connectivity index (χ4n) is 1.75. The van der Waals surface area contributed by atoms with Crippen LogP contribution < -0.4 is 4.74 Å². The Kier molecular flexibility index (Phi) is 2.43. The second-order valence-corrected chi connectivity index (χ2v) is 6.34. The van der Waals surface area contributed by atoms with Crippen molar-refractivity contribution in [2.75, 3.05) is 6.61 Å². The van der Waals surface area contributed by atoms with E-state index in [0.29, 0.717) is 12.2 Å². The number of hydrogen-bond acceptors (Lipinski definition) is 3. The smallest absolute Gasteiger partial charge is 0.261 e. The van der Waals surface area contributed by atoms with Gasteiger partial charge in [0, 0.05) is 22.2 Å². The van der Waals surface area contributed by atoms with Crippen molar-refractivity contribution in [1.29, 1.82) is 0 Å². The molecule has 1 aromatic carbocycles. The van der Waals surface area contributed by atoms with Gasteiger partial charge in [0.1, 0.15) is 5.75 Å². The number of aryl methyl sites for hydroxylation is 1.